The Labute approximate surface area is 205 Å². The van der Waals surface area contributed by atoms with Gasteiger partial charge in [0.05, 0.1) is 20.9 Å². The summed E-state index contributed by atoms with van der Waals surface area (Å²) in [6, 6.07) is 12.1. The van der Waals surface area contributed by atoms with Gasteiger partial charge in [-0.1, -0.05) is 55.8 Å². The molecule has 0 aliphatic heterocycles. The van der Waals surface area contributed by atoms with Crippen molar-refractivity contribution in [1.82, 2.24) is 9.88 Å². The van der Waals surface area contributed by atoms with Crippen LogP contribution in [0.15, 0.2) is 47.4 Å². The molecule has 0 aliphatic carbocycles. The van der Waals surface area contributed by atoms with E-state index in [-0.39, 0.29) is 23.0 Å². The molecule has 0 spiro atoms. The highest BCUT2D eigenvalue weighted by Crippen LogP contribution is 2.31. The van der Waals surface area contributed by atoms with Gasteiger partial charge in [-0.25, -0.2) is 13.4 Å². The zero-order valence-corrected chi connectivity index (χ0v) is 21.6. The number of fused-ring (bicyclic) bond motifs is 1. The maximum Gasteiger partial charge on any atom is 0.229 e. The standard InChI is InChI=1S/C24H30ClN3O3S2/c1-4-18-8-7-9-21-23(18)26-24(32-21)28(16-15-27(5-2)6-3)22(29)14-17-33(30,31)20-12-10-19(25)11-13-20/h7-13H,4-6,14-17H2,1-3H3. The van der Waals surface area contributed by atoms with Gasteiger partial charge in [0.1, 0.15) is 0 Å². The quantitative estimate of drug-likeness (QED) is 0.363. The van der Waals surface area contributed by atoms with E-state index in [1.165, 1.54) is 23.5 Å². The minimum atomic E-state index is -3.60. The third-order valence-electron chi connectivity index (χ3n) is 5.70. The van der Waals surface area contributed by atoms with Crippen molar-refractivity contribution >= 4 is 54.0 Å². The number of carbonyl (C=O) groups excluding carboxylic acids is 1. The second-order valence-corrected chi connectivity index (χ2v) is 11.3. The lowest BCUT2D eigenvalue weighted by Gasteiger charge is -2.24. The SMILES string of the molecule is CCc1cccc2sc(N(CCN(CC)CC)C(=O)CCS(=O)(=O)c3ccc(Cl)cc3)nc12. The van der Waals surface area contributed by atoms with Crippen molar-refractivity contribution in [2.75, 3.05) is 36.8 Å². The first-order chi connectivity index (χ1) is 15.8. The number of aryl methyl sites for hydroxylation is 1. The number of para-hydroxylation sites is 1. The van der Waals surface area contributed by atoms with Crippen molar-refractivity contribution in [2.24, 2.45) is 0 Å². The number of hydrogen-bond donors (Lipinski definition) is 0. The van der Waals surface area contributed by atoms with Crippen molar-refractivity contribution in [3.63, 3.8) is 0 Å². The van der Waals surface area contributed by atoms with E-state index in [1.54, 1.807) is 17.0 Å². The number of carbonyl (C=O) groups is 1. The molecule has 3 rings (SSSR count). The minimum Gasteiger partial charge on any atom is -0.302 e. The molecule has 33 heavy (non-hydrogen) atoms. The molecule has 0 saturated heterocycles. The van der Waals surface area contributed by atoms with Crippen LogP contribution in [0.25, 0.3) is 10.2 Å². The van der Waals surface area contributed by atoms with Gasteiger partial charge in [-0.2, -0.15) is 0 Å². The Hall–Kier alpha value is -2.00. The molecule has 0 aliphatic rings. The Morgan fingerprint density at radius 3 is 2.36 bits per heavy atom. The first kappa shape index (κ1) is 25.6. The van der Waals surface area contributed by atoms with Gasteiger partial charge in [0.15, 0.2) is 15.0 Å². The monoisotopic (exact) mass is 507 g/mol. The molecule has 2 aromatic carbocycles. The van der Waals surface area contributed by atoms with Crippen molar-refractivity contribution < 1.29 is 13.2 Å². The number of hydrogen-bond acceptors (Lipinski definition) is 6. The molecule has 0 radical (unpaired) electrons. The van der Waals surface area contributed by atoms with E-state index in [0.29, 0.717) is 23.2 Å². The lowest BCUT2D eigenvalue weighted by Crippen LogP contribution is -2.39. The molecular weight excluding hydrogens is 478 g/mol. The van der Waals surface area contributed by atoms with Crippen molar-refractivity contribution in [3.05, 3.63) is 53.1 Å². The molecule has 1 amide bonds. The largest absolute Gasteiger partial charge is 0.302 e. The zero-order valence-electron chi connectivity index (χ0n) is 19.3. The zero-order chi connectivity index (χ0) is 24.0. The molecule has 0 atom stereocenters. The summed E-state index contributed by atoms with van der Waals surface area (Å²) < 4.78 is 26.5. The molecule has 0 bridgehead atoms. The Kier molecular flexibility index (Phi) is 8.87. The highest BCUT2D eigenvalue weighted by molar-refractivity contribution is 7.91. The van der Waals surface area contributed by atoms with E-state index in [0.717, 1.165) is 35.3 Å². The van der Waals surface area contributed by atoms with Crippen LogP contribution < -0.4 is 4.90 Å². The third kappa shape index (κ3) is 6.32. The van der Waals surface area contributed by atoms with Gasteiger partial charge >= 0.3 is 0 Å². The van der Waals surface area contributed by atoms with Gasteiger partial charge in [0.25, 0.3) is 0 Å². The predicted octanol–water partition coefficient (Wildman–Crippen LogP) is 5.05. The number of aromatic nitrogens is 1. The second kappa shape index (κ2) is 11.4. The number of sulfone groups is 1. The average molecular weight is 508 g/mol. The van der Waals surface area contributed by atoms with Crippen LogP contribution in [0.4, 0.5) is 5.13 Å². The number of halogens is 1. The molecule has 1 heterocycles. The first-order valence-electron chi connectivity index (χ1n) is 11.2. The van der Waals surface area contributed by atoms with Crippen LogP contribution >= 0.6 is 22.9 Å². The molecule has 6 nitrogen and oxygen atoms in total. The number of rotatable bonds is 11. The van der Waals surface area contributed by atoms with Crippen molar-refractivity contribution in [3.8, 4) is 0 Å². The van der Waals surface area contributed by atoms with Crippen LogP contribution in [-0.4, -0.2) is 56.1 Å². The van der Waals surface area contributed by atoms with Crippen LogP contribution in [0, 0.1) is 0 Å². The van der Waals surface area contributed by atoms with Crippen molar-refractivity contribution in [2.45, 2.75) is 38.5 Å². The molecule has 1 aromatic heterocycles. The Morgan fingerprint density at radius 2 is 1.73 bits per heavy atom. The van der Waals surface area contributed by atoms with Gasteiger partial charge in [0, 0.05) is 24.5 Å². The van der Waals surface area contributed by atoms with Gasteiger partial charge in [-0.05, 0) is 55.4 Å². The van der Waals surface area contributed by atoms with E-state index in [4.69, 9.17) is 16.6 Å². The fourth-order valence-corrected chi connectivity index (χ4v) is 6.03. The van der Waals surface area contributed by atoms with Gasteiger partial charge < -0.3 is 4.90 Å². The lowest BCUT2D eigenvalue weighted by molar-refractivity contribution is -0.118. The summed E-state index contributed by atoms with van der Waals surface area (Å²) in [6.07, 6.45) is 0.743. The summed E-state index contributed by atoms with van der Waals surface area (Å²) in [5.41, 5.74) is 2.05. The van der Waals surface area contributed by atoms with Gasteiger partial charge in [0.2, 0.25) is 5.91 Å². The van der Waals surface area contributed by atoms with E-state index < -0.39 is 9.84 Å². The summed E-state index contributed by atoms with van der Waals surface area (Å²) in [6.45, 7) is 9.16. The first-order valence-corrected chi connectivity index (χ1v) is 14.0. The number of likely N-dealkylation sites (N-methyl/N-ethyl adjacent to an activating group) is 1. The van der Waals surface area contributed by atoms with Gasteiger partial charge in [-0.15, -0.1) is 0 Å². The van der Waals surface area contributed by atoms with E-state index in [2.05, 4.69) is 25.7 Å². The molecule has 0 N–H and O–H groups in total. The normalized spacial score (nSPS) is 11.9. The van der Waals surface area contributed by atoms with Crippen LogP contribution in [0.5, 0.6) is 0 Å². The summed E-state index contributed by atoms with van der Waals surface area (Å²) in [4.78, 5) is 22.1. The van der Waals surface area contributed by atoms with Crippen molar-refractivity contribution in [1.29, 1.82) is 0 Å². The van der Waals surface area contributed by atoms with E-state index in [1.807, 2.05) is 18.2 Å². The molecule has 0 saturated carbocycles. The Morgan fingerprint density at radius 1 is 1.03 bits per heavy atom. The Bertz CT molecular complexity index is 1190. The molecule has 0 unspecified atom stereocenters. The molecule has 3 aromatic rings. The topological polar surface area (TPSA) is 70.6 Å². The minimum absolute atomic E-state index is 0.111. The summed E-state index contributed by atoms with van der Waals surface area (Å²) in [5.74, 6) is -0.503. The number of thiazole rings is 1. The van der Waals surface area contributed by atoms with Gasteiger partial charge in [-0.3, -0.25) is 9.69 Å². The number of benzene rings is 2. The maximum atomic E-state index is 13.3. The van der Waals surface area contributed by atoms with Crippen LogP contribution in [0.3, 0.4) is 0 Å². The smallest absolute Gasteiger partial charge is 0.229 e. The predicted molar refractivity (Wildman–Crippen MR) is 137 cm³/mol. The lowest BCUT2D eigenvalue weighted by atomic mass is 10.1. The highest BCUT2D eigenvalue weighted by atomic mass is 35.5. The Balaban J connectivity index is 1.84. The molecule has 9 heteroatoms. The van der Waals surface area contributed by atoms with Crippen LogP contribution in [-0.2, 0) is 21.1 Å². The number of anilines is 1. The van der Waals surface area contributed by atoms with Crippen LogP contribution in [0.1, 0.15) is 32.8 Å². The fourth-order valence-electron chi connectivity index (χ4n) is 3.62. The van der Waals surface area contributed by atoms with E-state index >= 15 is 0 Å². The number of amides is 1. The summed E-state index contributed by atoms with van der Waals surface area (Å²) in [5, 5.41) is 1.09. The molecular formula is C24H30ClN3O3S2. The van der Waals surface area contributed by atoms with Crippen LogP contribution in [0.2, 0.25) is 5.02 Å². The van der Waals surface area contributed by atoms with E-state index in [9.17, 15) is 13.2 Å². The highest BCUT2D eigenvalue weighted by Gasteiger charge is 2.24. The maximum absolute atomic E-state index is 13.3. The third-order valence-corrected chi connectivity index (χ3v) is 8.72. The molecule has 0 fully saturated rings. The second-order valence-electron chi connectivity index (χ2n) is 7.71. The fraction of sp³-hybridized carbons (Fsp3) is 0.417. The molecule has 178 valence electrons. The summed E-state index contributed by atoms with van der Waals surface area (Å²) in [7, 11) is -3.60. The number of nitrogens with zero attached hydrogens (tertiary/aromatic N) is 3. The average Bonchev–Trinajstić information content (AvgIpc) is 3.24. The summed E-state index contributed by atoms with van der Waals surface area (Å²) >= 11 is 7.35.